The predicted molar refractivity (Wildman–Crippen MR) is 98.4 cm³/mol. The third-order valence-electron chi connectivity index (χ3n) is 4.20. The largest absolute Gasteiger partial charge is 0.464 e. The smallest absolute Gasteiger partial charge is 0.332 e. The molecule has 26 heavy (non-hydrogen) atoms. The second kappa shape index (κ2) is 7.69. The number of hydrogen-bond acceptors (Lipinski definition) is 6. The van der Waals surface area contributed by atoms with Crippen molar-refractivity contribution in [3.8, 4) is 0 Å². The van der Waals surface area contributed by atoms with Gasteiger partial charge in [-0.2, -0.15) is 0 Å². The van der Waals surface area contributed by atoms with Gasteiger partial charge in [-0.15, -0.1) is 11.3 Å². The lowest BCUT2D eigenvalue weighted by Gasteiger charge is -2.07. The number of hydrogen-bond donors (Lipinski definition) is 0. The summed E-state index contributed by atoms with van der Waals surface area (Å²) in [7, 11) is 2.99. The van der Waals surface area contributed by atoms with Gasteiger partial charge in [-0.1, -0.05) is 6.07 Å². The molecular weight excluding hydrogens is 356 g/mol. The fourth-order valence-electron chi connectivity index (χ4n) is 2.76. The van der Waals surface area contributed by atoms with E-state index >= 15 is 0 Å². The van der Waals surface area contributed by atoms with Crippen LogP contribution in [0.2, 0.25) is 0 Å². The van der Waals surface area contributed by atoms with Crippen LogP contribution in [-0.4, -0.2) is 31.3 Å². The molecule has 0 aliphatic carbocycles. The zero-order valence-corrected chi connectivity index (χ0v) is 15.5. The van der Waals surface area contributed by atoms with Gasteiger partial charge in [-0.25, -0.2) is 9.78 Å². The van der Waals surface area contributed by atoms with Crippen LogP contribution in [0.1, 0.15) is 17.7 Å². The fraction of sp³-hybridized carbons (Fsp3) is 0.412. The van der Waals surface area contributed by atoms with E-state index in [1.807, 2.05) is 17.5 Å². The summed E-state index contributed by atoms with van der Waals surface area (Å²) in [5.41, 5.74) is -0.198. The SMILES string of the molecule is Cn1c(=O)c2c(ncn2CCOC(=O)CCCc2cccs2)n(C)c1=O. The molecule has 0 saturated heterocycles. The normalized spacial score (nSPS) is 11.2. The highest BCUT2D eigenvalue weighted by Gasteiger charge is 2.14. The van der Waals surface area contributed by atoms with Crippen molar-refractivity contribution in [2.45, 2.75) is 25.8 Å². The van der Waals surface area contributed by atoms with Crippen LogP contribution in [0.15, 0.2) is 33.4 Å². The topological polar surface area (TPSA) is 88.1 Å². The van der Waals surface area contributed by atoms with Crippen molar-refractivity contribution < 1.29 is 9.53 Å². The highest BCUT2D eigenvalue weighted by molar-refractivity contribution is 7.09. The summed E-state index contributed by atoms with van der Waals surface area (Å²) in [5, 5.41) is 2.02. The molecule has 0 saturated carbocycles. The van der Waals surface area contributed by atoms with E-state index in [0.29, 0.717) is 24.1 Å². The lowest BCUT2D eigenvalue weighted by atomic mass is 10.2. The van der Waals surface area contributed by atoms with E-state index in [2.05, 4.69) is 4.98 Å². The van der Waals surface area contributed by atoms with Gasteiger partial charge < -0.3 is 9.30 Å². The van der Waals surface area contributed by atoms with Gasteiger partial charge in [0.25, 0.3) is 5.56 Å². The van der Waals surface area contributed by atoms with E-state index in [1.54, 1.807) is 23.0 Å². The number of ether oxygens (including phenoxy) is 1. The maximum Gasteiger partial charge on any atom is 0.332 e. The van der Waals surface area contributed by atoms with E-state index < -0.39 is 11.2 Å². The lowest BCUT2D eigenvalue weighted by molar-refractivity contribution is -0.144. The summed E-state index contributed by atoms with van der Waals surface area (Å²) in [6, 6.07) is 4.04. The molecule has 9 heteroatoms. The van der Waals surface area contributed by atoms with Crippen LogP contribution in [-0.2, 0) is 36.6 Å². The number of carbonyl (C=O) groups is 1. The number of esters is 1. The third kappa shape index (κ3) is 3.62. The van der Waals surface area contributed by atoms with Gasteiger partial charge in [-0.3, -0.25) is 18.7 Å². The molecule has 0 atom stereocenters. The summed E-state index contributed by atoms with van der Waals surface area (Å²) in [5.74, 6) is -0.258. The molecule has 0 spiro atoms. The minimum atomic E-state index is -0.426. The van der Waals surface area contributed by atoms with E-state index in [0.717, 1.165) is 17.4 Å². The number of nitrogens with zero attached hydrogens (tertiary/aromatic N) is 4. The monoisotopic (exact) mass is 376 g/mol. The average molecular weight is 376 g/mol. The number of carbonyl (C=O) groups excluding carboxylic acids is 1. The van der Waals surface area contributed by atoms with Gasteiger partial charge in [0, 0.05) is 25.4 Å². The first-order chi connectivity index (χ1) is 12.5. The van der Waals surface area contributed by atoms with Crippen LogP contribution < -0.4 is 11.2 Å². The molecule has 0 bridgehead atoms. The Labute approximate surface area is 153 Å². The van der Waals surface area contributed by atoms with Crippen molar-refractivity contribution >= 4 is 28.5 Å². The van der Waals surface area contributed by atoms with Gasteiger partial charge in [0.05, 0.1) is 12.9 Å². The molecule has 0 fully saturated rings. The van der Waals surface area contributed by atoms with Crippen LogP contribution in [0.4, 0.5) is 0 Å². The first-order valence-electron chi connectivity index (χ1n) is 8.28. The van der Waals surface area contributed by atoms with Crippen molar-refractivity contribution in [1.82, 2.24) is 18.7 Å². The van der Waals surface area contributed by atoms with E-state index in [1.165, 1.54) is 22.8 Å². The van der Waals surface area contributed by atoms with Crippen LogP contribution >= 0.6 is 11.3 Å². The summed E-state index contributed by atoms with van der Waals surface area (Å²) in [4.78, 5) is 41.4. The number of imidazole rings is 1. The van der Waals surface area contributed by atoms with Gasteiger partial charge in [-0.05, 0) is 24.3 Å². The zero-order chi connectivity index (χ0) is 18.7. The third-order valence-corrected chi connectivity index (χ3v) is 5.13. The van der Waals surface area contributed by atoms with Gasteiger partial charge in [0.15, 0.2) is 11.2 Å². The Bertz CT molecular complexity index is 1030. The minimum Gasteiger partial charge on any atom is -0.464 e. The Hall–Kier alpha value is -2.68. The maximum atomic E-state index is 12.3. The molecule has 0 aromatic carbocycles. The summed E-state index contributed by atoms with van der Waals surface area (Å²) >= 11 is 1.68. The molecule has 0 radical (unpaired) electrons. The van der Waals surface area contributed by atoms with Gasteiger partial charge in [0.1, 0.15) is 6.61 Å². The predicted octanol–water partition coefficient (Wildman–Crippen LogP) is 1.06. The summed E-state index contributed by atoms with van der Waals surface area (Å²) in [6.45, 7) is 0.454. The Morgan fingerprint density at radius 1 is 1.27 bits per heavy atom. The van der Waals surface area contributed by atoms with Crippen LogP contribution in [0.3, 0.4) is 0 Å². The maximum absolute atomic E-state index is 12.3. The summed E-state index contributed by atoms with van der Waals surface area (Å²) in [6.07, 6.45) is 3.45. The molecule has 0 aliphatic heterocycles. The van der Waals surface area contributed by atoms with Gasteiger partial charge >= 0.3 is 11.7 Å². The number of aromatic nitrogens is 4. The highest BCUT2D eigenvalue weighted by Crippen LogP contribution is 2.12. The van der Waals surface area contributed by atoms with Crippen molar-refractivity contribution in [2.75, 3.05) is 6.61 Å². The minimum absolute atomic E-state index is 0.148. The van der Waals surface area contributed by atoms with Crippen LogP contribution in [0.25, 0.3) is 11.2 Å². The second-order valence-electron chi connectivity index (χ2n) is 5.97. The van der Waals surface area contributed by atoms with E-state index in [4.69, 9.17) is 4.74 Å². The molecule has 0 N–H and O–H groups in total. The molecule has 3 heterocycles. The molecular formula is C17H20N4O4S. The lowest BCUT2D eigenvalue weighted by Crippen LogP contribution is -2.37. The van der Waals surface area contributed by atoms with Gasteiger partial charge in [0.2, 0.25) is 0 Å². The molecule has 3 aromatic heterocycles. The first kappa shape index (κ1) is 18.1. The van der Waals surface area contributed by atoms with Crippen molar-refractivity contribution in [3.05, 3.63) is 49.6 Å². The number of thiophene rings is 1. The Kier molecular flexibility index (Phi) is 5.36. The average Bonchev–Trinajstić information content (AvgIpc) is 3.28. The summed E-state index contributed by atoms with van der Waals surface area (Å²) < 4.78 is 9.22. The Morgan fingerprint density at radius 2 is 2.08 bits per heavy atom. The molecule has 0 unspecified atom stereocenters. The standard InChI is InChI=1S/C17H20N4O4S/c1-19-15-14(16(23)20(2)17(19)24)21(11-18-15)8-9-25-13(22)7-3-5-12-6-4-10-26-12/h4,6,10-11H,3,5,7-9H2,1-2H3. The van der Waals surface area contributed by atoms with E-state index in [9.17, 15) is 14.4 Å². The number of fused-ring (bicyclic) bond motifs is 1. The highest BCUT2D eigenvalue weighted by atomic mass is 32.1. The second-order valence-corrected chi connectivity index (χ2v) is 7.00. The Balaban J connectivity index is 1.57. The van der Waals surface area contributed by atoms with Crippen molar-refractivity contribution in [1.29, 1.82) is 0 Å². The molecule has 0 amide bonds. The molecule has 3 aromatic rings. The molecule has 3 rings (SSSR count). The first-order valence-corrected chi connectivity index (χ1v) is 9.16. The Morgan fingerprint density at radius 3 is 2.81 bits per heavy atom. The number of rotatable bonds is 7. The fourth-order valence-corrected chi connectivity index (χ4v) is 3.51. The van der Waals surface area contributed by atoms with Crippen LogP contribution in [0.5, 0.6) is 0 Å². The molecule has 138 valence electrons. The quantitative estimate of drug-likeness (QED) is 0.576. The molecule has 0 aliphatic rings. The van der Waals surface area contributed by atoms with Crippen molar-refractivity contribution in [3.63, 3.8) is 0 Å². The van der Waals surface area contributed by atoms with Crippen molar-refractivity contribution in [2.24, 2.45) is 14.1 Å². The van der Waals surface area contributed by atoms with E-state index in [-0.39, 0.29) is 12.6 Å². The molecule has 8 nitrogen and oxygen atoms in total. The zero-order valence-electron chi connectivity index (χ0n) is 14.7. The van der Waals surface area contributed by atoms with Crippen LogP contribution in [0, 0.1) is 0 Å². The number of aryl methyl sites for hydroxylation is 2.